The van der Waals surface area contributed by atoms with E-state index in [-0.39, 0.29) is 23.9 Å². The molecule has 0 aromatic heterocycles. The number of aryl methyl sites for hydroxylation is 1. The number of hydrogen-bond acceptors (Lipinski definition) is 4. The first kappa shape index (κ1) is 21.4. The van der Waals surface area contributed by atoms with E-state index in [0.29, 0.717) is 5.92 Å². The minimum Gasteiger partial charge on any atom is -0.396 e. The van der Waals surface area contributed by atoms with E-state index < -0.39 is 0 Å². The molecule has 2 saturated heterocycles. The molecule has 2 fully saturated rings. The van der Waals surface area contributed by atoms with Crippen LogP contribution in [-0.2, 0) is 6.42 Å². The molecule has 3 N–H and O–H groups in total. The maximum absolute atomic E-state index is 13.7. The topological polar surface area (TPSA) is 47.5 Å². The van der Waals surface area contributed by atoms with E-state index in [1.165, 1.54) is 11.6 Å². The Morgan fingerprint density at radius 2 is 1.87 bits per heavy atom. The van der Waals surface area contributed by atoms with Crippen LogP contribution in [0.3, 0.4) is 0 Å². The van der Waals surface area contributed by atoms with Crippen LogP contribution in [0.1, 0.15) is 42.9 Å². The first-order valence-corrected chi connectivity index (χ1v) is 11.3. The molecule has 2 aliphatic heterocycles. The van der Waals surface area contributed by atoms with Gasteiger partial charge in [0, 0.05) is 25.6 Å². The summed E-state index contributed by atoms with van der Waals surface area (Å²) in [6.45, 7) is 4.22. The number of nitrogens with zero attached hydrogens (tertiary/aromatic N) is 1. The van der Waals surface area contributed by atoms with Gasteiger partial charge in [-0.1, -0.05) is 42.5 Å². The van der Waals surface area contributed by atoms with E-state index in [1.54, 1.807) is 12.1 Å². The zero-order chi connectivity index (χ0) is 20.8. The van der Waals surface area contributed by atoms with Gasteiger partial charge in [-0.15, -0.1) is 0 Å². The van der Waals surface area contributed by atoms with Gasteiger partial charge >= 0.3 is 0 Å². The molecule has 162 valence electrons. The van der Waals surface area contributed by atoms with E-state index >= 15 is 0 Å². The van der Waals surface area contributed by atoms with Crippen molar-refractivity contribution in [2.24, 2.45) is 11.3 Å². The lowest BCUT2D eigenvalue weighted by Crippen LogP contribution is -2.44. The summed E-state index contributed by atoms with van der Waals surface area (Å²) in [7, 11) is 0. The van der Waals surface area contributed by atoms with Crippen molar-refractivity contribution < 1.29 is 9.50 Å². The summed E-state index contributed by atoms with van der Waals surface area (Å²) in [6, 6.07) is 17.7. The summed E-state index contributed by atoms with van der Waals surface area (Å²) >= 11 is 0. The highest BCUT2D eigenvalue weighted by atomic mass is 19.1. The highest BCUT2D eigenvalue weighted by molar-refractivity contribution is 5.22. The van der Waals surface area contributed by atoms with Crippen LogP contribution in [0, 0.1) is 17.2 Å². The van der Waals surface area contributed by atoms with Crippen molar-refractivity contribution in [3.05, 3.63) is 71.5 Å². The molecule has 0 amide bonds. The maximum Gasteiger partial charge on any atom is 0.123 e. The van der Waals surface area contributed by atoms with Crippen LogP contribution < -0.4 is 10.9 Å². The Morgan fingerprint density at radius 1 is 1.07 bits per heavy atom. The zero-order valence-corrected chi connectivity index (χ0v) is 17.7. The van der Waals surface area contributed by atoms with E-state index in [4.69, 9.17) is 0 Å². The molecule has 4 nitrogen and oxygen atoms in total. The minimum absolute atomic E-state index is 0.0689. The highest BCUT2D eigenvalue weighted by Crippen LogP contribution is 2.37. The van der Waals surface area contributed by atoms with E-state index in [0.717, 1.165) is 63.8 Å². The first-order chi connectivity index (χ1) is 14.7. The Morgan fingerprint density at radius 3 is 2.60 bits per heavy atom. The highest BCUT2D eigenvalue weighted by Gasteiger charge is 2.36. The molecule has 0 bridgehead atoms. The third kappa shape index (κ3) is 5.27. The second-order valence-corrected chi connectivity index (χ2v) is 9.12. The molecular weight excluding hydrogens is 377 g/mol. The predicted molar refractivity (Wildman–Crippen MR) is 118 cm³/mol. The van der Waals surface area contributed by atoms with Gasteiger partial charge in [-0.3, -0.25) is 5.43 Å². The molecule has 0 radical (unpaired) electrons. The SMILES string of the molecule is OCC1(CCCc2ccccc2)CCN(CC2CNNC2c2cccc(F)c2)CC1. The number of aliphatic hydroxyl groups is 1. The van der Waals surface area contributed by atoms with Crippen molar-refractivity contribution >= 4 is 0 Å². The van der Waals surface area contributed by atoms with Crippen molar-refractivity contribution in [1.82, 2.24) is 15.8 Å². The number of hydrogen-bond donors (Lipinski definition) is 3. The standard InChI is InChI=1S/C25H34FN3O/c26-23-10-4-9-21(16-23)24-22(17-27-28-24)18-29-14-12-25(19-30,13-15-29)11-5-8-20-6-2-1-3-7-20/h1-4,6-7,9-10,16,22,24,27-28,30H,5,8,11-15,17-19H2. The number of nitrogens with one attached hydrogen (secondary N) is 2. The molecule has 2 aliphatic rings. The van der Waals surface area contributed by atoms with Crippen LogP contribution >= 0.6 is 0 Å². The molecular formula is C25H34FN3O. The quantitative estimate of drug-likeness (QED) is 0.620. The van der Waals surface area contributed by atoms with Crippen molar-refractivity contribution in [1.29, 1.82) is 0 Å². The molecule has 4 rings (SSSR count). The van der Waals surface area contributed by atoms with Gasteiger partial charge in [0.15, 0.2) is 0 Å². The lowest BCUT2D eigenvalue weighted by molar-refractivity contribution is 0.0303. The van der Waals surface area contributed by atoms with Crippen LogP contribution in [0.2, 0.25) is 0 Å². The monoisotopic (exact) mass is 411 g/mol. The summed E-state index contributed by atoms with van der Waals surface area (Å²) in [5.74, 6) is 0.229. The van der Waals surface area contributed by atoms with Gasteiger partial charge in [0.1, 0.15) is 5.82 Å². The fraction of sp³-hybridized carbons (Fsp3) is 0.520. The molecule has 2 aromatic carbocycles. The lowest BCUT2D eigenvalue weighted by atomic mass is 9.74. The van der Waals surface area contributed by atoms with E-state index in [9.17, 15) is 9.50 Å². The van der Waals surface area contributed by atoms with Gasteiger partial charge in [-0.2, -0.15) is 0 Å². The van der Waals surface area contributed by atoms with Crippen LogP contribution in [-0.4, -0.2) is 42.8 Å². The average molecular weight is 412 g/mol. The lowest BCUT2D eigenvalue weighted by Gasteiger charge is -2.42. The number of benzene rings is 2. The average Bonchev–Trinajstić information content (AvgIpc) is 3.24. The first-order valence-electron chi connectivity index (χ1n) is 11.3. The Labute approximate surface area is 179 Å². The normalized spacial score (nSPS) is 24.2. The zero-order valence-electron chi connectivity index (χ0n) is 17.7. The number of likely N-dealkylation sites (tertiary alicyclic amines) is 1. The molecule has 0 aliphatic carbocycles. The molecule has 2 aromatic rings. The van der Waals surface area contributed by atoms with Gasteiger partial charge in [-0.05, 0) is 73.9 Å². The van der Waals surface area contributed by atoms with E-state index in [2.05, 4.69) is 46.1 Å². The molecule has 2 atom stereocenters. The fourth-order valence-electron chi connectivity index (χ4n) is 5.10. The summed E-state index contributed by atoms with van der Waals surface area (Å²) in [6.07, 6.45) is 5.40. The second-order valence-electron chi connectivity index (χ2n) is 9.12. The van der Waals surface area contributed by atoms with Crippen LogP contribution in [0.5, 0.6) is 0 Å². The van der Waals surface area contributed by atoms with Gasteiger partial charge < -0.3 is 10.0 Å². The summed E-state index contributed by atoms with van der Waals surface area (Å²) in [5, 5.41) is 10.2. The number of rotatable bonds is 8. The van der Waals surface area contributed by atoms with E-state index in [1.807, 2.05) is 6.07 Å². The number of aliphatic hydroxyl groups excluding tert-OH is 1. The predicted octanol–water partition coefficient (Wildman–Crippen LogP) is 3.69. The third-order valence-corrected chi connectivity index (χ3v) is 7.06. The summed E-state index contributed by atoms with van der Waals surface area (Å²) in [5.41, 5.74) is 9.05. The van der Waals surface area contributed by atoms with Gasteiger partial charge in [0.05, 0.1) is 6.04 Å². The Bertz CT molecular complexity index is 792. The molecule has 0 saturated carbocycles. The summed E-state index contributed by atoms with van der Waals surface area (Å²) < 4.78 is 13.7. The van der Waals surface area contributed by atoms with Gasteiger partial charge in [-0.25, -0.2) is 9.82 Å². The third-order valence-electron chi connectivity index (χ3n) is 7.06. The molecule has 2 heterocycles. The molecule has 2 unspecified atom stereocenters. The van der Waals surface area contributed by atoms with Crippen LogP contribution in [0.4, 0.5) is 4.39 Å². The largest absolute Gasteiger partial charge is 0.396 e. The van der Waals surface area contributed by atoms with Crippen molar-refractivity contribution in [2.75, 3.05) is 32.8 Å². The van der Waals surface area contributed by atoms with Crippen molar-refractivity contribution in [3.63, 3.8) is 0 Å². The molecule has 30 heavy (non-hydrogen) atoms. The van der Waals surface area contributed by atoms with Crippen molar-refractivity contribution in [3.8, 4) is 0 Å². The Kier molecular flexibility index (Phi) is 7.16. The van der Waals surface area contributed by atoms with Gasteiger partial charge in [0.25, 0.3) is 0 Å². The smallest absolute Gasteiger partial charge is 0.123 e. The molecule has 5 heteroatoms. The number of halogens is 1. The Balaban J connectivity index is 1.27. The van der Waals surface area contributed by atoms with Crippen LogP contribution in [0.15, 0.2) is 54.6 Å². The summed E-state index contributed by atoms with van der Waals surface area (Å²) in [4.78, 5) is 2.52. The fourth-order valence-corrected chi connectivity index (χ4v) is 5.10. The second kappa shape index (κ2) is 10.0. The number of piperidine rings is 1. The Hall–Kier alpha value is -1.79. The maximum atomic E-state index is 13.7. The van der Waals surface area contributed by atoms with Crippen LogP contribution in [0.25, 0.3) is 0 Å². The molecule has 0 spiro atoms. The number of hydrazine groups is 1. The van der Waals surface area contributed by atoms with Crippen molar-refractivity contribution in [2.45, 2.75) is 38.1 Å². The van der Waals surface area contributed by atoms with Gasteiger partial charge in [0.2, 0.25) is 0 Å². The minimum atomic E-state index is -0.179.